The molecule has 0 amide bonds. The third kappa shape index (κ3) is 3.41. The van der Waals surface area contributed by atoms with Crippen LogP contribution in [-0.2, 0) is 9.57 Å². The van der Waals surface area contributed by atoms with E-state index in [1.807, 2.05) is 6.92 Å². The first-order chi connectivity index (χ1) is 11.7. The van der Waals surface area contributed by atoms with E-state index in [1.54, 1.807) is 38.1 Å². The lowest BCUT2D eigenvalue weighted by Gasteiger charge is -2.17. The Morgan fingerprint density at radius 3 is 2.44 bits per heavy atom. The molecular weight excluding hydrogens is 365 g/mol. The quantitative estimate of drug-likeness (QED) is 0.426. The molecule has 0 spiro atoms. The Hall–Kier alpha value is -1.56. The molecule has 0 aromatic heterocycles. The van der Waals surface area contributed by atoms with Crippen LogP contribution in [0.3, 0.4) is 0 Å². The van der Waals surface area contributed by atoms with Crippen LogP contribution in [0.2, 0.25) is 0 Å². The van der Waals surface area contributed by atoms with Crippen molar-refractivity contribution in [3.63, 3.8) is 0 Å². The van der Waals surface area contributed by atoms with Gasteiger partial charge in [0.1, 0.15) is 5.76 Å². The van der Waals surface area contributed by atoms with Crippen LogP contribution >= 0.6 is 23.4 Å². The van der Waals surface area contributed by atoms with Gasteiger partial charge >= 0.3 is 5.97 Å². The molecule has 1 heterocycles. The van der Waals surface area contributed by atoms with Gasteiger partial charge in [0.15, 0.2) is 11.8 Å². The van der Waals surface area contributed by atoms with E-state index in [1.165, 1.54) is 0 Å². The van der Waals surface area contributed by atoms with Gasteiger partial charge in [-0.2, -0.15) is 0 Å². The molecule has 0 radical (unpaired) electrons. The van der Waals surface area contributed by atoms with Crippen molar-refractivity contribution in [1.29, 1.82) is 0 Å². The molecule has 1 aromatic carbocycles. The van der Waals surface area contributed by atoms with Gasteiger partial charge in [0, 0.05) is 22.8 Å². The molecule has 0 bridgehead atoms. The largest absolute Gasteiger partial charge is 0.459 e. The zero-order valence-electron chi connectivity index (χ0n) is 14.2. The monoisotopic (exact) mass is 383 g/mol. The smallest absolute Gasteiger partial charge is 0.339 e. The third-order valence-corrected chi connectivity index (χ3v) is 5.03. The van der Waals surface area contributed by atoms with E-state index >= 15 is 0 Å². The lowest BCUT2D eigenvalue weighted by molar-refractivity contribution is -0.0367. The highest BCUT2D eigenvalue weighted by Crippen LogP contribution is 2.56. The van der Waals surface area contributed by atoms with Crippen molar-refractivity contribution in [3.05, 3.63) is 46.2 Å². The van der Waals surface area contributed by atoms with Crippen LogP contribution in [0.4, 0.5) is 0 Å². The van der Waals surface area contributed by atoms with Gasteiger partial charge in [-0.3, -0.25) is 4.79 Å². The first-order valence-corrected chi connectivity index (χ1v) is 8.83. The molecule has 1 saturated carbocycles. The standard InChI is InChI=1S/C18H19Cl2NO4/c1-10(2)24-17(23)12-7-5-4-6-11(12)15(22)14-13(19)16(25-21(14)20)18(3)8-9-18/h4-7,10,14H,8-9H2,1-3H3. The minimum atomic E-state index is -0.983. The van der Waals surface area contributed by atoms with Crippen molar-refractivity contribution >= 4 is 35.1 Å². The lowest BCUT2D eigenvalue weighted by Crippen LogP contribution is -2.32. The lowest BCUT2D eigenvalue weighted by atomic mass is 9.97. The molecule has 3 rings (SSSR count). The molecule has 1 aliphatic heterocycles. The Labute approximate surface area is 156 Å². The molecule has 1 atom stereocenters. The number of ketones is 1. The number of ether oxygens (including phenoxy) is 1. The van der Waals surface area contributed by atoms with Gasteiger partial charge in [-0.05, 0) is 37.3 Å². The number of carbonyl (C=O) groups excluding carboxylic acids is 2. The number of hydrogen-bond acceptors (Lipinski definition) is 5. The minimum absolute atomic E-state index is 0.171. The number of halogens is 2. The number of hydrogen-bond donors (Lipinski definition) is 0. The van der Waals surface area contributed by atoms with E-state index < -0.39 is 17.8 Å². The number of Topliss-reactive ketones (excluding diaryl/α,β-unsaturated/α-hetero) is 1. The highest BCUT2D eigenvalue weighted by atomic mass is 35.5. The van der Waals surface area contributed by atoms with Crippen LogP contribution in [0.5, 0.6) is 0 Å². The molecule has 5 nitrogen and oxygen atoms in total. The highest BCUT2D eigenvalue weighted by Gasteiger charge is 2.52. The number of carbonyl (C=O) groups is 2. The Kier molecular flexibility index (Phi) is 4.84. The maximum absolute atomic E-state index is 13.0. The van der Waals surface area contributed by atoms with Gasteiger partial charge in [0.25, 0.3) is 0 Å². The molecule has 0 N–H and O–H groups in total. The van der Waals surface area contributed by atoms with Gasteiger partial charge in [-0.1, -0.05) is 36.7 Å². The number of nitrogens with zero attached hydrogens (tertiary/aromatic N) is 1. The second-order valence-corrected chi connectivity index (χ2v) is 7.61. The van der Waals surface area contributed by atoms with E-state index in [0.29, 0.717) is 5.76 Å². The summed E-state index contributed by atoms with van der Waals surface area (Å²) in [6, 6.07) is 5.47. The summed E-state index contributed by atoms with van der Waals surface area (Å²) < 4.78 is 6.15. The Morgan fingerprint density at radius 1 is 1.28 bits per heavy atom. The van der Waals surface area contributed by atoms with Crippen molar-refractivity contribution in [1.82, 2.24) is 4.58 Å². The second kappa shape index (κ2) is 6.63. The summed E-state index contributed by atoms with van der Waals surface area (Å²) in [6.45, 7) is 5.50. The molecule has 1 aliphatic carbocycles. The summed E-state index contributed by atoms with van der Waals surface area (Å²) in [4.78, 5) is 30.9. The number of allylic oxidation sites excluding steroid dienone is 1. The molecule has 134 valence electrons. The maximum atomic E-state index is 13.0. The minimum Gasteiger partial charge on any atom is -0.459 e. The molecule has 7 heteroatoms. The molecule has 0 saturated heterocycles. The Bertz CT molecular complexity index is 755. The Morgan fingerprint density at radius 2 is 1.88 bits per heavy atom. The maximum Gasteiger partial charge on any atom is 0.339 e. The van der Waals surface area contributed by atoms with Gasteiger partial charge in [0.2, 0.25) is 0 Å². The Balaban J connectivity index is 1.94. The summed E-state index contributed by atoms with van der Waals surface area (Å²) in [7, 11) is 0. The summed E-state index contributed by atoms with van der Waals surface area (Å²) in [5, 5.41) is 0.270. The number of rotatable bonds is 5. The van der Waals surface area contributed by atoms with Gasteiger partial charge in [-0.15, -0.1) is 0 Å². The summed E-state index contributed by atoms with van der Waals surface area (Å²) in [5.41, 5.74) is 0.213. The predicted octanol–water partition coefficient (Wildman–Crippen LogP) is 4.45. The average molecular weight is 384 g/mol. The van der Waals surface area contributed by atoms with Crippen LogP contribution in [0.1, 0.15) is 54.3 Å². The molecule has 1 fully saturated rings. The van der Waals surface area contributed by atoms with Crippen molar-refractivity contribution in [2.45, 2.75) is 45.8 Å². The van der Waals surface area contributed by atoms with E-state index in [-0.39, 0.29) is 27.7 Å². The fourth-order valence-corrected chi connectivity index (χ4v) is 3.47. The highest BCUT2D eigenvalue weighted by molar-refractivity contribution is 6.34. The summed E-state index contributed by atoms with van der Waals surface area (Å²) >= 11 is 12.5. The van der Waals surface area contributed by atoms with Gasteiger partial charge in [0.05, 0.1) is 16.7 Å². The normalized spacial score (nSPS) is 22.1. The first-order valence-electron chi connectivity index (χ1n) is 8.12. The number of hydroxylamine groups is 1. The summed E-state index contributed by atoms with van der Waals surface area (Å²) in [5.74, 6) is -0.436. The molecule has 2 aliphatic rings. The first kappa shape index (κ1) is 18.2. The fraction of sp³-hybridized carbons (Fsp3) is 0.444. The topological polar surface area (TPSA) is 55.8 Å². The molecule has 1 unspecified atom stereocenters. The van der Waals surface area contributed by atoms with Crippen molar-refractivity contribution in [2.75, 3.05) is 0 Å². The molecular formula is C18H19Cl2NO4. The van der Waals surface area contributed by atoms with E-state index in [2.05, 4.69) is 0 Å². The van der Waals surface area contributed by atoms with E-state index in [0.717, 1.165) is 17.4 Å². The number of esters is 1. The van der Waals surface area contributed by atoms with Gasteiger partial charge < -0.3 is 9.57 Å². The summed E-state index contributed by atoms with van der Waals surface area (Å²) in [6.07, 6.45) is 1.57. The average Bonchev–Trinajstić information content (AvgIpc) is 3.22. The zero-order chi connectivity index (χ0) is 18.4. The van der Waals surface area contributed by atoms with Crippen LogP contribution in [0.25, 0.3) is 0 Å². The van der Waals surface area contributed by atoms with Crippen LogP contribution in [0.15, 0.2) is 35.1 Å². The van der Waals surface area contributed by atoms with Crippen molar-refractivity contribution < 1.29 is 19.2 Å². The van der Waals surface area contributed by atoms with Crippen molar-refractivity contribution in [2.24, 2.45) is 5.41 Å². The van der Waals surface area contributed by atoms with Crippen LogP contribution in [0, 0.1) is 5.41 Å². The second-order valence-electron chi connectivity index (χ2n) is 6.87. The molecule has 25 heavy (non-hydrogen) atoms. The molecule has 1 aromatic rings. The van der Waals surface area contributed by atoms with E-state index in [9.17, 15) is 9.59 Å². The van der Waals surface area contributed by atoms with E-state index in [4.69, 9.17) is 33.0 Å². The van der Waals surface area contributed by atoms with Crippen LogP contribution < -0.4 is 0 Å². The fourth-order valence-electron chi connectivity index (χ4n) is 2.72. The predicted molar refractivity (Wildman–Crippen MR) is 94.1 cm³/mol. The number of benzene rings is 1. The van der Waals surface area contributed by atoms with Gasteiger partial charge in [-0.25, -0.2) is 4.79 Å². The zero-order valence-corrected chi connectivity index (χ0v) is 15.7. The van der Waals surface area contributed by atoms with Crippen LogP contribution in [-0.4, -0.2) is 28.5 Å². The SMILES string of the molecule is CC(C)OC(=O)c1ccccc1C(=O)C1C(Cl)=C(C2(C)CC2)ON1Cl. The van der Waals surface area contributed by atoms with Crippen molar-refractivity contribution in [3.8, 4) is 0 Å². The third-order valence-electron chi connectivity index (χ3n) is 4.39.